The lowest BCUT2D eigenvalue weighted by atomic mass is 9.94. The zero-order chi connectivity index (χ0) is 24.6. The number of benzene rings is 3. The number of rotatable bonds is 9. The predicted molar refractivity (Wildman–Crippen MR) is 140 cm³/mol. The van der Waals surface area contributed by atoms with Gasteiger partial charge in [0, 0.05) is 17.9 Å². The Hall–Kier alpha value is -2.70. The highest BCUT2D eigenvalue weighted by atomic mass is 79.9. The monoisotopic (exact) mass is 539 g/mol. The Morgan fingerprint density at radius 2 is 1.77 bits per heavy atom. The summed E-state index contributed by atoms with van der Waals surface area (Å²) in [7, 11) is 0. The molecule has 1 aliphatic rings. The number of amides is 1. The van der Waals surface area contributed by atoms with Crippen LogP contribution in [0.3, 0.4) is 0 Å². The molecule has 1 fully saturated rings. The van der Waals surface area contributed by atoms with Gasteiger partial charge in [-0.15, -0.1) is 0 Å². The second-order valence-corrected chi connectivity index (χ2v) is 9.94. The molecular formula is C29H31BrFNO3. The van der Waals surface area contributed by atoms with Crippen molar-refractivity contribution in [3.8, 4) is 16.9 Å². The first-order valence-corrected chi connectivity index (χ1v) is 12.9. The van der Waals surface area contributed by atoms with Gasteiger partial charge in [0.25, 0.3) is 0 Å². The smallest absolute Gasteiger partial charge is 0.216 e. The Labute approximate surface area is 215 Å². The summed E-state index contributed by atoms with van der Waals surface area (Å²) in [5.74, 6) is 0.447. The van der Waals surface area contributed by atoms with E-state index < -0.39 is 0 Å². The van der Waals surface area contributed by atoms with Gasteiger partial charge in [-0.1, -0.05) is 46.3 Å². The molecule has 184 valence electrons. The molecule has 4 nitrogen and oxygen atoms in total. The van der Waals surface area contributed by atoms with Crippen molar-refractivity contribution in [2.75, 3.05) is 6.54 Å². The van der Waals surface area contributed by atoms with E-state index in [2.05, 4.69) is 33.4 Å². The van der Waals surface area contributed by atoms with Gasteiger partial charge in [-0.2, -0.15) is 0 Å². The summed E-state index contributed by atoms with van der Waals surface area (Å²) in [5, 5.41) is 2.83. The van der Waals surface area contributed by atoms with Gasteiger partial charge in [0.2, 0.25) is 5.91 Å². The fourth-order valence-corrected chi connectivity index (χ4v) is 4.94. The Bertz CT molecular complexity index is 1140. The second-order valence-electron chi connectivity index (χ2n) is 9.02. The van der Waals surface area contributed by atoms with Gasteiger partial charge in [-0.3, -0.25) is 4.79 Å². The molecule has 0 heterocycles. The zero-order valence-corrected chi connectivity index (χ0v) is 21.5. The van der Waals surface area contributed by atoms with Gasteiger partial charge in [0.05, 0.1) is 18.8 Å². The van der Waals surface area contributed by atoms with Crippen LogP contribution >= 0.6 is 15.9 Å². The standard InChI is InChI=1S/C29H31BrFNO3/c1-20(33)32-15-14-22-8-9-28(18-29(22)23-5-3-7-25(31)17-23)35-27-12-10-26(11-13-27)34-19-21-4-2-6-24(30)16-21/h2-9,16-18,26-27H,10-15,19H2,1H3,(H,32,33). The molecule has 0 atom stereocenters. The molecule has 35 heavy (non-hydrogen) atoms. The van der Waals surface area contributed by atoms with Gasteiger partial charge in [0.1, 0.15) is 11.6 Å². The molecular weight excluding hydrogens is 509 g/mol. The van der Waals surface area contributed by atoms with Gasteiger partial charge in [-0.05, 0) is 90.8 Å². The molecule has 0 aromatic heterocycles. The second kappa shape index (κ2) is 12.3. The van der Waals surface area contributed by atoms with Crippen LogP contribution in [-0.2, 0) is 22.6 Å². The van der Waals surface area contributed by atoms with Crippen molar-refractivity contribution in [2.24, 2.45) is 0 Å². The van der Waals surface area contributed by atoms with E-state index in [9.17, 15) is 9.18 Å². The van der Waals surface area contributed by atoms with Crippen LogP contribution in [0.1, 0.15) is 43.7 Å². The highest BCUT2D eigenvalue weighted by Gasteiger charge is 2.23. The summed E-state index contributed by atoms with van der Waals surface area (Å²) in [6.45, 7) is 2.65. The van der Waals surface area contributed by atoms with E-state index in [1.807, 2.05) is 36.4 Å². The molecule has 0 radical (unpaired) electrons. The normalized spacial score (nSPS) is 17.7. The van der Waals surface area contributed by atoms with Crippen LogP contribution in [0.2, 0.25) is 0 Å². The first kappa shape index (κ1) is 25.4. The minimum atomic E-state index is -0.275. The fraction of sp³-hybridized carbons (Fsp3) is 0.345. The Morgan fingerprint density at radius 1 is 1.00 bits per heavy atom. The minimum absolute atomic E-state index is 0.0616. The van der Waals surface area contributed by atoms with Crippen molar-refractivity contribution in [2.45, 2.75) is 57.8 Å². The number of ether oxygens (including phenoxy) is 2. The van der Waals surface area contributed by atoms with Crippen LogP contribution in [0.5, 0.6) is 5.75 Å². The number of hydrogen-bond acceptors (Lipinski definition) is 3. The first-order valence-electron chi connectivity index (χ1n) is 12.1. The Morgan fingerprint density at radius 3 is 2.51 bits per heavy atom. The third-order valence-electron chi connectivity index (χ3n) is 6.28. The molecule has 6 heteroatoms. The van der Waals surface area contributed by atoms with Crippen molar-refractivity contribution >= 4 is 21.8 Å². The maximum Gasteiger partial charge on any atom is 0.216 e. The summed E-state index contributed by atoms with van der Waals surface area (Å²) in [5.41, 5.74) is 3.94. The van der Waals surface area contributed by atoms with Crippen molar-refractivity contribution < 1.29 is 18.7 Å². The molecule has 3 aromatic carbocycles. The summed E-state index contributed by atoms with van der Waals surface area (Å²) < 4.78 is 27.5. The van der Waals surface area contributed by atoms with E-state index in [0.717, 1.165) is 52.6 Å². The average molecular weight is 540 g/mol. The van der Waals surface area contributed by atoms with Crippen molar-refractivity contribution in [3.05, 3.63) is 88.1 Å². The summed E-state index contributed by atoms with van der Waals surface area (Å²) in [6, 6.07) is 20.8. The van der Waals surface area contributed by atoms with E-state index in [-0.39, 0.29) is 23.9 Å². The lowest BCUT2D eigenvalue weighted by molar-refractivity contribution is -0.118. The number of halogens is 2. The largest absolute Gasteiger partial charge is 0.490 e. The van der Waals surface area contributed by atoms with Crippen LogP contribution in [0.25, 0.3) is 11.1 Å². The maximum atomic E-state index is 13.9. The number of carbonyl (C=O) groups is 1. The van der Waals surface area contributed by atoms with Gasteiger partial charge >= 0.3 is 0 Å². The van der Waals surface area contributed by atoms with Crippen molar-refractivity contribution in [3.63, 3.8) is 0 Å². The van der Waals surface area contributed by atoms with Gasteiger partial charge < -0.3 is 14.8 Å². The zero-order valence-electron chi connectivity index (χ0n) is 19.9. The molecule has 1 amide bonds. The predicted octanol–water partition coefficient (Wildman–Crippen LogP) is 6.84. The molecule has 1 saturated carbocycles. The van der Waals surface area contributed by atoms with Crippen LogP contribution in [0, 0.1) is 5.82 Å². The maximum absolute atomic E-state index is 13.9. The quantitative estimate of drug-likeness (QED) is 0.323. The molecule has 3 aromatic rings. The molecule has 0 unspecified atom stereocenters. The first-order chi connectivity index (χ1) is 17.0. The molecule has 1 aliphatic carbocycles. The third-order valence-corrected chi connectivity index (χ3v) is 6.78. The topological polar surface area (TPSA) is 47.6 Å². The SMILES string of the molecule is CC(=O)NCCc1ccc(OC2CCC(OCc3cccc(Br)c3)CC2)cc1-c1cccc(F)c1. The number of hydrogen-bond donors (Lipinski definition) is 1. The minimum Gasteiger partial charge on any atom is -0.490 e. The van der Waals surface area contributed by atoms with Crippen LogP contribution < -0.4 is 10.1 Å². The van der Waals surface area contributed by atoms with E-state index in [1.54, 1.807) is 6.07 Å². The van der Waals surface area contributed by atoms with Crippen molar-refractivity contribution in [1.82, 2.24) is 5.32 Å². The summed E-state index contributed by atoms with van der Waals surface area (Å²) in [4.78, 5) is 11.3. The van der Waals surface area contributed by atoms with Gasteiger partial charge in [0.15, 0.2) is 0 Å². The van der Waals surface area contributed by atoms with E-state index in [1.165, 1.54) is 24.6 Å². The molecule has 1 N–H and O–H groups in total. The number of carbonyl (C=O) groups excluding carboxylic acids is 1. The lowest BCUT2D eigenvalue weighted by Gasteiger charge is -2.29. The third kappa shape index (κ3) is 7.64. The summed E-state index contributed by atoms with van der Waals surface area (Å²) >= 11 is 3.51. The summed E-state index contributed by atoms with van der Waals surface area (Å²) in [6.07, 6.45) is 4.82. The molecule has 0 bridgehead atoms. The van der Waals surface area contributed by atoms with E-state index in [0.29, 0.717) is 19.6 Å². The molecule has 0 saturated heterocycles. The van der Waals surface area contributed by atoms with Crippen LogP contribution in [0.4, 0.5) is 4.39 Å². The average Bonchev–Trinajstić information content (AvgIpc) is 2.84. The van der Waals surface area contributed by atoms with Crippen LogP contribution in [-0.4, -0.2) is 24.7 Å². The fourth-order valence-electron chi connectivity index (χ4n) is 4.49. The molecule has 0 spiro atoms. The lowest BCUT2D eigenvalue weighted by Crippen LogP contribution is -2.28. The Balaban J connectivity index is 1.37. The molecule has 0 aliphatic heterocycles. The highest BCUT2D eigenvalue weighted by molar-refractivity contribution is 9.10. The van der Waals surface area contributed by atoms with E-state index >= 15 is 0 Å². The van der Waals surface area contributed by atoms with E-state index in [4.69, 9.17) is 9.47 Å². The van der Waals surface area contributed by atoms with Crippen molar-refractivity contribution in [1.29, 1.82) is 0 Å². The molecule has 4 rings (SSSR count). The Kier molecular flexibility index (Phi) is 8.94. The number of nitrogens with one attached hydrogen (secondary N) is 1. The highest BCUT2D eigenvalue weighted by Crippen LogP contribution is 2.32. The van der Waals surface area contributed by atoms with Crippen LogP contribution in [0.15, 0.2) is 71.2 Å². The van der Waals surface area contributed by atoms with Gasteiger partial charge in [-0.25, -0.2) is 4.39 Å².